The van der Waals surface area contributed by atoms with Crippen LogP contribution >= 0.6 is 0 Å². The maximum absolute atomic E-state index is 12.8. The Hall–Kier alpha value is -3.21. The quantitative estimate of drug-likeness (QED) is 0.594. The van der Waals surface area contributed by atoms with E-state index in [1.807, 2.05) is 0 Å². The van der Waals surface area contributed by atoms with E-state index in [4.69, 9.17) is 4.42 Å². The third-order valence-electron chi connectivity index (χ3n) is 3.18. The molecule has 1 amide bonds. The average Bonchev–Trinajstić information content (AvgIpc) is 2.54. The van der Waals surface area contributed by atoms with Gasteiger partial charge in [-0.3, -0.25) is 4.79 Å². The van der Waals surface area contributed by atoms with Gasteiger partial charge in [0.1, 0.15) is 11.4 Å². The minimum absolute atomic E-state index is 0.314. The number of halogens is 1. The minimum Gasteiger partial charge on any atom is -0.423 e. The van der Waals surface area contributed by atoms with E-state index in [2.05, 4.69) is 5.32 Å². The van der Waals surface area contributed by atoms with E-state index >= 15 is 0 Å². The molecule has 0 saturated heterocycles. The molecular formula is C18H12FNO3. The summed E-state index contributed by atoms with van der Waals surface area (Å²) in [5, 5.41) is 3.42. The van der Waals surface area contributed by atoms with E-state index in [-0.39, 0.29) is 11.7 Å². The standard InChI is InChI=1S/C18H12FNO3/c19-14-5-1-12(2-6-14)3-9-17(21)20-15-7-8-16-13(11-15)4-10-18(22)23-16/h1-11H,(H,20,21)/b9-3+. The molecule has 2 aromatic carbocycles. The van der Waals surface area contributed by atoms with Crippen molar-refractivity contribution < 1.29 is 13.6 Å². The number of anilines is 1. The molecule has 0 unspecified atom stereocenters. The highest BCUT2D eigenvalue weighted by molar-refractivity contribution is 6.02. The number of benzene rings is 2. The molecule has 0 atom stereocenters. The molecule has 1 N–H and O–H groups in total. The Labute approximate surface area is 130 Å². The summed E-state index contributed by atoms with van der Waals surface area (Å²) >= 11 is 0. The van der Waals surface area contributed by atoms with Gasteiger partial charge in [-0.25, -0.2) is 9.18 Å². The Morgan fingerprint density at radius 2 is 1.83 bits per heavy atom. The summed E-state index contributed by atoms with van der Waals surface area (Å²) in [7, 11) is 0. The number of fused-ring (bicyclic) bond motifs is 1. The summed E-state index contributed by atoms with van der Waals surface area (Å²) < 4.78 is 17.8. The van der Waals surface area contributed by atoms with Gasteiger partial charge >= 0.3 is 5.63 Å². The summed E-state index contributed by atoms with van der Waals surface area (Å²) in [5.41, 5.74) is 1.34. The SMILES string of the molecule is O=C(/C=C/c1ccc(F)cc1)Nc1ccc2oc(=O)ccc2c1. The topological polar surface area (TPSA) is 59.3 Å². The normalized spacial score (nSPS) is 11.0. The Morgan fingerprint density at radius 1 is 1.04 bits per heavy atom. The molecule has 3 rings (SSSR count). The molecule has 4 nitrogen and oxygen atoms in total. The summed E-state index contributed by atoms with van der Waals surface area (Å²) in [6, 6.07) is 13.7. The van der Waals surface area contributed by atoms with Crippen molar-refractivity contribution in [2.45, 2.75) is 0 Å². The second-order valence-corrected chi connectivity index (χ2v) is 4.88. The number of rotatable bonds is 3. The first-order chi connectivity index (χ1) is 11.1. The number of amides is 1. The number of nitrogens with one attached hydrogen (secondary N) is 1. The number of hydrogen-bond acceptors (Lipinski definition) is 3. The summed E-state index contributed by atoms with van der Waals surface area (Å²) in [5.74, 6) is -0.638. The molecule has 0 fully saturated rings. The lowest BCUT2D eigenvalue weighted by Gasteiger charge is -2.03. The summed E-state index contributed by atoms with van der Waals surface area (Å²) in [6.07, 6.45) is 2.96. The highest BCUT2D eigenvalue weighted by Crippen LogP contribution is 2.17. The van der Waals surface area contributed by atoms with Crippen LogP contribution < -0.4 is 10.9 Å². The monoisotopic (exact) mass is 309 g/mol. The smallest absolute Gasteiger partial charge is 0.336 e. The predicted octanol–water partition coefficient (Wildman–Crippen LogP) is 3.58. The molecule has 0 aliphatic heterocycles. The fourth-order valence-corrected chi connectivity index (χ4v) is 2.08. The average molecular weight is 309 g/mol. The van der Waals surface area contributed by atoms with E-state index in [1.54, 1.807) is 42.5 Å². The largest absolute Gasteiger partial charge is 0.423 e. The first kappa shape index (κ1) is 14.7. The van der Waals surface area contributed by atoms with Crippen LogP contribution in [0.25, 0.3) is 17.0 Å². The predicted molar refractivity (Wildman–Crippen MR) is 86.5 cm³/mol. The third-order valence-corrected chi connectivity index (χ3v) is 3.18. The Bertz CT molecular complexity index is 942. The maximum Gasteiger partial charge on any atom is 0.336 e. The van der Waals surface area contributed by atoms with E-state index in [0.29, 0.717) is 16.7 Å². The molecular weight excluding hydrogens is 297 g/mol. The van der Waals surface area contributed by atoms with E-state index < -0.39 is 5.63 Å². The van der Waals surface area contributed by atoms with Crippen LogP contribution in [0.5, 0.6) is 0 Å². The van der Waals surface area contributed by atoms with Crippen molar-refractivity contribution in [2.24, 2.45) is 0 Å². The van der Waals surface area contributed by atoms with Crippen LogP contribution in [0.2, 0.25) is 0 Å². The molecule has 1 aromatic heterocycles. The fourth-order valence-electron chi connectivity index (χ4n) is 2.08. The van der Waals surface area contributed by atoms with Crippen LogP contribution in [0.4, 0.5) is 10.1 Å². The lowest BCUT2D eigenvalue weighted by molar-refractivity contribution is -0.111. The molecule has 0 bridgehead atoms. The lowest BCUT2D eigenvalue weighted by Crippen LogP contribution is -2.07. The van der Waals surface area contributed by atoms with Gasteiger partial charge in [0.15, 0.2) is 0 Å². The Kier molecular flexibility index (Phi) is 4.01. The Balaban J connectivity index is 1.73. The lowest BCUT2D eigenvalue weighted by atomic mass is 10.2. The van der Waals surface area contributed by atoms with Gasteiger partial charge < -0.3 is 9.73 Å². The van der Waals surface area contributed by atoms with Crippen LogP contribution in [-0.2, 0) is 4.79 Å². The van der Waals surface area contributed by atoms with Crippen molar-refractivity contribution in [1.29, 1.82) is 0 Å². The molecule has 0 aliphatic carbocycles. The van der Waals surface area contributed by atoms with Gasteiger partial charge in [0.25, 0.3) is 0 Å². The van der Waals surface area contributed by atoms with Gasteiger partial charge in [-0.2, -0.15) is 0 Å². The van der Waals surface area contributed by atoms with Crippen LogP contribution in [0.15, 0.2) is 69.9 Å². The summed E-state index contributed by atoms with van der Waals surface area (Å²) in [6.45, 7) is 0. The van der Waals surface area contributed by atoms with Crippen molar-refractivity contribution in [3.05, 3.63) is 82.5 Å². The van der Waals surface area contributed by atoms with Gasteiger partial charge in [-0.1, -0.05) is 12.1 Å². The van der Waals surface area contributed by atoms with Gasteiger partial charge in [0.05, 0.1) is 0 Å². The second-order valence-electron chi connectivity index (χ2n) is 4.88. The highest BCUT2D eigenvalue weighted by atomic mass is 19.1. The molecule has 23 heavy (non-hydrogen) atoms. The zero-order valence-electron chi connectivity index (χ0n) is 12.0. The zero-order valence-corrected chi connectivity index (χ0v) is 12.0. The van der Waals surface area contributed by atoms with Crippen molar-refractivity contribution in [2.75, 3.05) is 5.32 Å². The van der Waals surface area contributed by atoms with E-state index in [9.17, 15) is 14.0 Å². The number of carbonyl (C=O) groups is 1. The second kappa shape index (κ2) is 6.27. The molecule has 0 aliphatic rings. The highest BCUT2D eigenvalue weighted by Gasteiger charge is 2.02. The van der Waals surface area contributed by atoms with Gasteiger partial charge in [-0.15, -0.1) is 0 Å². The molecule has 0 saturated carbocycles. The summed E-state index contributed by atoms with van der Waals surface area (Å²) in [4.78, 5) is 23.0. The molecule has 3 aromatic rings. The Morgan fingerprint density at radius 3 is 2.61 bits per heavy atom. The van der Waals surface area contributed by atoms with Gasteiger partial charge in [0.2, 0.25) is 5.91 Å². The minimum atomic E-state index is -0.420. The molecule has 0 spiro atoms. The van der Waals surface area contributed by atoms with E-state index in [0.717, 1.165) is 5.56 Å². The van der Waals surface area contributed by atoms with Crippen molar-refractivity contribution in [3.63, 3.8) is 0 Å². The number of hydrogen-bond donors (Lipinski definition) is 1. The van der Waals surface area contributed by atoms with Gasteiger partial charge in [0, 0.05) is 23.2 Å². The van der Waals surface area contributed by atoms with Crippen molar-refractivity contribution in [1.82, 2.24) is 0 Å². The van der Waals surface area contributed by atoms with E-state index in [1.165, 1.54) is 24.3 Å². The molecule has 5 heteroatoms. The molecule has 114 valence electrons. The maximum atomic E-state index is 12.8. The molecule has 0 radical (unpaired) electrons. The third kappa shape index (κ3) is 3.71. The first-order valence-electron chi connectivity index (χ1n) is 6.89. The number of carbonyl (C=O) groups excluding carboxylic acids is 1. The van der Waals surface area contributed by atoms with Crippen LogP contribution in [-0.4, -0.2) is 5.91 Å². The molecule has 1 heterocycles. The van der Waals surface area contributed by atoms with Gasteiger partial charge in [-0.05, 0) is 48.0 Å². The first-order valence-corrected chi connectivity index (χ1v) is 6.89. The van der Waals surface area contributed by atoms with Crippen molar-refractivity contribution in [3.8, 4) is 0 Å². The van der Waals surface area contributed by atoms with Crippen molar-refractivity contribution >= 4 is 28.6 Å². The van der Waals surface area contributed by atoms with Crippen LogP contribution in [0, 0.1) is 5.82 Å². The zero-order chi connectivity index (χ0) is 16.2. The van der Waals surface area contributed by atoms with Crippen LogP contribution in [0.1, 0.15) is 5.56 Å². The van der Waals surface area contributed by atoms with Crippen LogP contribution in [0.3, 0.4) is 0 Å². The fraction of sp³-hybridized carbons (Fsp3) is 0.